The number of carbonyl (C=O) groups is 2. The third-order valence-corrected chi connectivity index (χ3v) is 6.73. The summed E-state index contributed by atoms with van der Waals surface area (Å²) in [5.41, 5.74) is 6.65. The van der Waals surface area contributed by atoms with Gasteiger partial charge in [-0.1, -0.05) is 30.3 Å². The number of nitrogens with two attached hydrogens (primary N) is 1. The summed E-state index contributed by atoms with van der Waals surface area (Å²) >= 11 is 0. The van der Waals surface area contributed by atoms with E-state index >= 15 is 0 Å². The number of anilines is 1. The summed E-state index contributed by atoms with van der Waals surface area (Å²) in [5, 5.41) is 2.72. The molecule has 0 aliphatic carbocycles. The Hall–Kier alpha value is -2.91. The number of nitrogens with one attached hydrogen (secondary N) is 1. The molecule has 0 spiro atoms. The zero-order valence-electron chi connectivity index (χ0n) is 16.1. The molecule has 2 aromatic rings. The molecule has 1 aliphatic rings. The number of rotatable bonds is 6. The van der Waals surface area contributed by atoms with E-state index in [1.807, 2.05) is 30.3 Å². The summed E-state index contributed by atoms with van der Waals surface area (Å²) in [6, 6.07) is 14.1. The van der Waals surface area contributed by atoms with Gasteiger partial charge in [0.05, 0.1) is 4.90 Å². The first-order valence-electron chi connectivity index (χ1n) is 9.26. The summed E-state index contributed by atoms with van der Waals surface area (Å²) in [7, 11) is -2.14. The van der Waals surface area contributed by atoms with Crippen LogP contribution in [0.15, 0.2) is 59.5 Å². The predicted octanol–water partition coefficient (Wildman–Crippen LogP) is 1.99. The van der Waals surface area contributed by atoms with E-state index in [-0.39, 0.29) is 17.3 Å². The van der Waals surface area contributed by atoms with Gasteiger partial charge in [-0.25, -0.2) is 13.2 Å². The van der Waals surface area contributed by atoms with Crippen LogP contribution in [0.3, 0.4) is 0 Å². The fraction of sp³-hybridized carbons (Fsp3) is 0.300. The fourth-order valence-electron chi connectivity index (χ4n) is 3.34. The first-order chi connectivity index (χ1) is 13.8. The van der Waals surface area contributed by atoms with E-state index < -0.39 is 22.1 Å². The molecule has 1 saturated heterocycles. The molecule has 0 saturated carbocycles. The quantitative estimate of drug-likeness (QED) is 0.750. The average Bonchev–Trinajstić information content (AvgIpc) is 3.19. The van der Waals surface area contributed by atoms with Crippen LogP contribution >= 0.6 is 0 Å². The molecule has 0 bridgehead atoms. The number of amides is 3. The van der Waals surface area contributed by atoms with Crippen LogP contribution in [0.2, 0.25) is 0 Å². The van der Waals surface area contributed by atoms with Gasteiger partial charge in [-0.2, -0.15) is 4.31 Å². The number of carbonyl (C=O) groups excluding carboxylic acids is 2. The summed E-state index contributed by atoms with van der Waals surface area (Å²) < 4.78 is 26.8. The Kier molecular flexibility index (Phi) is 6.19. The van der Waals surface area contributed by atoms with Crippen molar-refractivity contribution in [3.63, 3.8) is 0 Å². The number of likely N-dealkylation sites (tertiary alicyclic amines) is 1. The Morgan fingerprint density at radius 1 is 1.14 bits per heavy atom. The lowest BCUT2D eigenvalue weighted by atomic mass is 10.2. The Balaban J connectivity index is 1.67. The van der Waals surface area contributed by atoms with Gasteiger partial charge in [0.2, 0.25) is 15.9 Å². The smallest absolute Gasteiger partial charge is 0.315 e. The highest BCUT2D eigenvalue weighted by Gasteiger charge is 2.33. The van der Waals surface area contributed by atoms with Gasteiger partial charge >= 0.3 is 6.03 Å². The summed E-state index contributed by atoms with van der Waals surface area (Å²) in [4.78, 5) is 25.3. The maximum absolute atomic E-state index is 12.8. The molecule has 1 fully saturated rings. The minimum atomic E-state index is -3.67. The predicted molar refractivity (Wildman–Crippen MR) is 109 cm³/mol. The lowest BCUT2D eigenvalue weighted by Crippen LogP contribution is -2.45. The van der Waals surface area contributed by atoms with Crippen molar-refractivity contribution in [1.82, 2.24) is 9.21 Å². The molecule has 3 rings (SSSR count). The molecule has 0 aromatic heterocycles. The van der Waals surface area contributed by atoms with E-state index in [4.69, 9.17) is 5.73 Å². The van der Waals surface area contributed by atoms with Crippen LogP contribution in [0.5, 0.6) is 0 Å². The second kappa shape index (κ2) is 8.62. The molecule has 0 radical (unpaired) electrons. The van der Waals surface area contributed by atoms with Crippen molar-refractivity contribution in [2.75, 3.05) is 18.9 Å². The van der Waals surface area contributed by atoms with E-state index in [9.17, 15) is 18.0 Å². The van der Waals surface area contributed by atoms with Crippen LogP contribution in [-0.4, -0.2) is 49.2 Å². The van der Waals surface area contributed by atoms with Crippen LogP contribution in [0, 0.1) is 0 Å². The molecule has 1 aliphatic heterocycles. The molecule has 8 nitrogen and oxygen atoms in total. The number of hydrogen-bond acceptors (Lipinski definition) is 4. The van der Waals surface area contributed by atoms with Crippen molar-refractivity contribution in [2.45, 2.75) is 30.3 Å². The maximum atomic E-state index is 12.8. The number of hydrogen-bond donors (Lipinski definition) is 2. The maximum Gasteiger partial charge on any atom is 0.315 e. The second-order valence-corrected chi connectivity index (χ2v) is 8.99. The third-order valence-electron chi connectivity index (χ3n) is 4.92. The van der Waals surface area contributed by atoms with Gasteiger partial charge in [-0.3, -0.25) is 4.79 Å². The van der Waals surface area contributed by atoms with E-state index in [2.05, 4.69) is 5.32 Å². The number of urea groups is 1. The zero-order chi connectivity index (χ0) is 21.0. The van der Waals surface area contributed by atoms with E-state index in [0.717, 1.165) is 5.56 Å². The minimum Gasteiger partial charge on any atom is -0.351 e. The van der Waals surface area contributed by atoms with Gasteiger partial charge in [0.25, 0.3) is 0 Å². The Morgan fingerprint density at radius 3 is 2.41 bits per heavy atom. The Morgan fingerprint density at radius 2 is 1.79 bits per heavy atom. The molecule has 3 amide bonds. The van der Waals surface area contributed by atoms with Crippen molar-refractivity contribution in [2.24, 2.45) is 5.73 Å². The van der Waals surface area contributed by atoms with Gasteiger partial charge < -0.3 is 16.0 Å². The lowest BCUT2D eigenvalue weighted by molar-refractivity contribution is -0.119. The highest BCUT2D eigenvalue weighted by molar-refractivity contribution is 7.89. The van der Waals surface area contributed by atoms with Crippen LogP contribution in [-0.2, 0) is 21.4 Å². The summed E-state index contributed by atoms with van der Waals surface area (Å²) in [6.07, 6.45) is 1.26. The standard InChI is InChI=1S/C20H24N4O4S/c1-23(14-15-6-3-2-4-7-15)29(27,28)17-11-9-16(10-12-17)22-19(25)18-8-5-13-24(18)20(21)26/h2-4,6-7,9-12,18H,5,8,13-14H2,1H3,(H2,21,26)(H,22,25)/t18-/m0/s1. The minimum absolute atomic E-state index is 0.133. The number of primary amides is 1. The molecule has 1 heterocycles. The van der Waals surface area contributed by atoms with E-state index in [1.165, 1.54) is 40.5 Å². The van der Waals surface area contributed by atoms with Gasteiger partial charge in [-0.15, -0.1) is 0 Å². The molecule has 154 valence electrons. The molecule has 2 aromatic carbocycles. The van der Waals surface area contributed by atoms with Crippen molar-refractivity contribution >= 4 is 27.6 Å². The largest absolute Gasteiger partial charge is 0.351 e. The molecule has 29 heavy (non-hydrogen) atoms. The first-order valence-corrected chi connectivity index (χ1v) is 10.7. The first kappa shape index (κ1) is 20.8. The van der Waals surface area contributed by atoms with Crippen molar-refractivity contribution < 1.29 is 18.0 Å². The van der Waals surface area contributed by atoms with Crippen LogP contribution in [0.4, 0.5) is 10.5 Å². The van der Waals surface area contributed by atoms with E-state index in [1.54, 1.807) is 0 Å². The van der Waals surface area contributed by atoms with Crippen LogP contribution < -0.4 is 11.1 Å². The topological polar surface area (TPSA) is 113 Å². The molecule has 9 heteroatoms. The Labute approximate surface area is 170 Å². The fourth-order valence-corrected chi connectivity index (χ4v) is 4.50. The van der Waals surface area contributed by atoms with Crippen molar-refractivity contribution in [1.29, 1.82) is 0 Å². The third kappa shape index (κ3) is 4.75. The summed E-state index contributed by atoms with van der Waals surface area (Å²) in [5.74, 6) is -0.335. The van der Waals surface area contributed by atoms with E-state index in [0.29, 0.717) is 25.1 Å². The number of nitrogens with zero attached hydrogens (tertiary/aromatic N) is 2. The normalized spacial score (nSPS) is 16.8. The zero-order valence-corrected chi connectivity index (χ0v) is 16.9. The Bertz CT molecular complexity index is 977. The SMILES string of the molecule is CN(Cc1ccccc1)S(=O)(=O)c1ccc(NC(=O)[C@@H]2CCCN2C(N)=O)cc1. The number of benzene rings is 2. The van der Waals surface area contributed by atoms with Gasteiger partial charge in [0.1, 0.15) is 6.04 Å². The average molecular weight is 417 g/mol. The lowest BCUT2D eigenvalue weighted by Gasteiger charge is -2.22. The van der Waals surface area contributed by atoms with Crippen LogP contribution in [0.25, 0.3) is 0 Å². The highest BCUT2D eigenvalue weighted by atomic mass is 32.2. The molecular formula is C20H24N4O4S. The van der Waals surface area contributed by atoms with Crippen LogP contribution in [0.1, 0.15) is 18.4 Å². The molecule has 0 unspecified atom stereocenters. The van der Waals surface area contributed by atoms with Crippen molar-refractivity contribution in [3.8, 4) is 0 Å². The second-order valence-electron chi connectivity index (χ2n) is 6.95. The summed E-state index contributed by atoms with van der Waals surface area (Å²) in [6.45, 7) is 0.713. The molecular weight excluding hydrogens is 392 g/mol. The molecule has 1 atom stereocenters. The molecule has 3 N–H and O–H groups in total. The monoisotopic (exact) mass is 416 g/mol. The van der Waals surface area contributed by atoms with Gasteiger partial charge in [-0.05, 0) is 42.7 Å². The van der Waals surface area contributed by atoms with Crippen molar-refractivity contribution in [3.05, 3.63) is 60.2 Å². The van der Waals surface area contributed by atoms with Gasteiger partial charge in [0.15, 0.2) is 0 Å². The highest BCUT2D eigenvalue weighted by Crippen LogP contribution is 2.21. The number of sulfonamides is 1. The van der Waals surface area contributed by atoms with Gasteiger partial charge in [0, 0.05) is 25.8 Å².